The first kappa shape index (κ1) is 11.2. The number of hydrogen-bond donors (Lipinski definition) is 1. The Morgan fingerprint density at radius 2 is 2.13 bits per heavy atom. The van der Waals surface area contributed by atoms with Crippen LogP contribution in [0.5, 0.6) is 0 Å². The number of nitrogens with two attached hydrogens (primary N) is 1. The quantitative estimate of drug-likeness (QED) is 0.694. The van der Waals surface area contributed by atoms with Gasteiger partial charge in [-0.15, -0.1) is 0 Å². The first-order chi connectivity index (χ1) is 7.29. The lowest BCUT2D eigenvalue weighted by molar-refractivity contribution is 0.298. The fourth-order valence-corrected chi connectivity index (χ4v) is 3.37. The van der Waals surface area contributed by atoms with Gasteiger partial charge in [-0.1, -0.05) is 30.3 Å². The predicted molar refractivity (Wildman–Crippen MR) is 67.2 cm³/mol. The van der Waals surface area contributed by atoms with Crippen molar-refractivity contribution in [1.29, 1.82) is 0 Å². The van der Waals surface area contributed by atoms with Gasteiger partial charge in [0, 0.05) is 13.1 Å². The molecule has 0 aliphatic carbocycles. The third-order valence-electron chi connectivity index (χ3n) is 3.14. The molecule has 2 aliphatic heterocycles. The van der Waals surface area contributed by atoms with Gasteiger partial charge in [-0.25, -0.2) is 5.01 Å². The van der Waals surface area contributed by atoms with Crippen molar-refractivity contribution in [3.05, 3.63) is 21.5 Å². The summed E-state index contributed by atoms with van der Waals surface area (Å²) in [6.07, 6.45) is 8.38. The van der Waals surface area contributed by atoms with Gasteiger partial charge in [0.1, 0.15) is 0 Å². The van der Waals surface area contributed by atoms with Gasteiger partial charge in [-0.3, -0.25) is 5.84 Å². The van der Waals surface area contributed by atoms with E-state index >= 15 is 0 Å². The van der Waals surface area contributed by atoms with Crippen molar-refractivity contribution in [3.63, 3.8) is 0 Å². The van der Waals surface area contributed by atoms with Crippen LogP contribution in [0, 0.1) is 0 Å². The number of hydrogen-bond acceptors (Lipinski definition) is 3. The third-order valence-corrected chi connectivity index (χ3v) is 4.60. The minimum atomic E-state index is 1.02. The maximum atomic E-state index is 5.88. The minimum absolute atomic E-state index is 1.02. The number of hydrazine groups is 1. The summed E-state index contributed by atoms with van der Waals surface area (Å²) in [5, 5.41) is 1.96. The number of nitrogens with zero attached hydrogens (tertiary/aromatic N) is 1. The van der Waals surface area contributed by atoms with Gasteiger partial charge >= 0.3 is 0 Å². The zero-order valence-corrected chi connectivity index (χ0v) is 10.3. The number of rotatable bonds is 1. The highest BCUT2D eigenvalue weighted by atomic mass is 32.2. The summed E-state index contributed by atoms with van der Waals surface area (Å²) in [5.74, 6) is 5.88. The second kappa shape index (κ2) is 5.19. The van der Waals surface area contributed by atoms with Crippen molar-refractivity contribution < 1.29 is 0 Å². The topological polar surface area (TPSA) is 29.3 Å². The van der Waals surface area contributed by atoms with Crippen LogP contribution in [0.3, 0.4) is 0 Å². The Labute approximate surface area is 96.6 Å². The van der Waals surface area contributed by atoms with Crippen LogP contribution in [0.2, 0.25) is 0 Å². The third kappa shape index (κ3) is 2.86. The normalized spacial score (nSPS) is 24.3. The Morgan fingerprint density at radius 1 is 1.33 bits per heavy atom. The average Bonchev–Trinajstić information content (AvgIpc) is 2.53. The van der Waals surface area contributed by atoms with E-state index in [2.05, 4.69) is 13.0 Å². The Kier molecular flexibility index (Phi) is 3.89. The number of allylic oxidation sites excluding steroid dienone is 2. The Bertz CT molecular complexity index is 294. The summed E-state index contributed by atoms with van der Waals surface area (Å²) in [6, 6.07) is 0. The lowest BCUT2D eigenvalue weighted by Crippen LogP contribution is -2.31. The van der Waals surface area contributed by atoms with Gasteiger partial charge in [0.05, 0.1) is 0 Å². The van der Waals surface area contributed by atoms with Crippen LogP contribution in [0.4, 0.5) is 0 Å². The zero-order valence-electron chi connectivity index (χ0n) is 9.46. The van der Waals surface area contributed by atoms with Crippen molar-refractivity contribution in [3.8, 4) is 0 Å². The molecule has 0 aromatic carbocycles. The molecule has 2 aliphatic rings. The summed E-state index contributed by atoms with van der Waals surface area (Å²) in [5.41, 5.74) is 1.66. The largest absolute Gasteiger partial charge is 0.269 e. The summed E-state index contributed by atoms with van der Waals surface area (Å²) >= 11 is 2.01. The molecule has 0 amide bonds. The van der Waals surface area contributed by atoms with Crippen LogP contribution in [0.25, 0.3) is 0 Å². The molecule has 0 atom stereocenters. The van der Waals surface area contributed by atoms with E-state index in [0.717, 1.165) is 19.5 Å². The standard InChI is InChI=1S/C12H20N2S/c1-2-11-5-3-4-10-6-8-14(13)9-7-12(10)15-11/h5H,2-4,6-9,13H2,1H3. The molecular weight excluding hydrogens is 204 g/mol. The molecule has 0 aromatic heterocycles. The fraction of sp³-hybridized carbons (Fsp3) is 0.667. The zero-order chi connectivity index (χ0) is 10.7. The van der Waals surface area contributed by atoms with E-state index in [-0.39, 0.29) is 0 Å². The maximum absolute atomic E-state index is 5.88. The number of thioether (sulfide) groups is 1. The Balaban J connectivity index is 2.11. The minimum Gasteiger partial charge on any atom is -0.269 e. The van der Waals surface area contributed by atoms with Crippen molar-refractivity contribution in [1.82, 2.24) is 5.01 Å². The molecule has 0 radical (unpaired) electrons. The molecule has 0 saturated carbocycles. The molecule has 0 aromatic rings. The molecular formula is C12H20N2S. The molecule has 0 unspecified atom stereocenters. The van der Waals surface area contributed by atoms with Gasteiger partial charge < -0.3 is 0 Å². The van der Waals surface area contributed by atoms with Crippen molar-refractivity contribution >= 4 is 11.8 Å². The van der Waals surface area contributed by atoms with E-state index in [1.54, 1.807) is 15.4 Å². The summed E-state index contributed by atoms with van der Waals surface area (Å²) in [6.45, 7) is 4.29. The molecule has 15 heavy (non-hydrogen) atoms. The molecule has 0 saturated heterocycles. The summed E-state index contributed by atoms with van der Waals surface area (Å²) in [4.78, 5) is 3.15. The summed E-state index contributed by atoms with van der Waals surface area (Å²) < 4.78 is 0. The van der Waals surface area contributed by atoms with Crippen molar-refractivity contribution in [2.75, 3.05) is 13.1 Å². The van der Waals surface area contributed by atoms with Gasteiger partial charge in [0.25, 0.3) is 0 Å². The predicted octanol–water partition coefficient (Wildman–Crippen LogP) is 3.03. The van der Waals surface area contributed by atoms with Gasteiger partial charge in [0.2, 0.25) is 0 Å². The van der Waals surface area contributed by atoms with E-state index in [0.29, 0.717) is 0 Å². The van der Waals surface area contributed by atoms with E-state index in [4.69, 9.17) is 5.84 Å². The Morgan fingerprint density at radius 3 is 2.93 bits per heavy atom. The van der Waals surface area contributed by atoms with E-state index in [9.17, 15) is 0 Å². The van der Waals surface area contributed by atoms with Crippen molar-refractivity contribution in [2.45, 2.75) is 39.0 Å². The van der Waals surface area contributed by atoms with E-state index < -0.39 is 0 Å². The second-order valence-electron chi connectivity index (χ2n) is 4.23. The smallest absolute Gasteiger partial charge is 0.0174 e. The molecule has 0 spiro atoms. The molecule has 2 N–H and O–H groups in total. The van der Waals surface area contributed by atoms with Crippen LogP contribution < -0.4 is 5.84 Å². The Hall–Kier alpha value is -0.250. The molecule has 0 fully saturated rings. The monoisotopic (exact) mass is 224 g/mol. The highest BCUT2D eigenvalue weighted by molar-refractivity contribution is 8.06. The van der Waals surface area contributed by atoms with Crippen molar-refractivity contribution in [2.24, 2.45) is 5.84 Å². The van der Waals surface area contributed by atoms with Crippen LogP contribution in [0.15, 0.2) is 21.5 Å². The average molecular weight is 224 g/mol. The van der Waals surface area contributed by atoms with Gasteiger partial charge in [-0.2, -0.15) is 0 Å². The highest BCUT2D eigenvalue weighted by Crippen LogP contribution is 2.39. The van der Waals surface area contributed by atoms with E-state index in [1.165, 1.54) is 25.7 Å². The molecule has 2 rings (SSSR count). The molecule has 2 nitrogen and oxygen atoms in total. The van der Waals surface area contributed by atoms with Crippen LogP contribution >= 0.6 is 11.8 Å². The van der Waals surface area contributed by atoms with E-state index in [1.807, 2.05) is 16.8 Å². The first-order valence-electron chi connectivity index (χ1n) is 5.87. The SMILES string of the molecule is CCC1=CCCC2=C(CCN(N)CC2)S1. The molecule has 2 heterocycles. The van der Waals surface area contributed by atoms with Crippen LogP contribution in [-0.4, -0.2) is 18.1 Å². The molecule has 84 valence electrons. The lowest BCUT2D eigenvalue weighted by Gasteiger charge is -2.12. The fourth-order valence-electron chi connectivity index (χ4n) is 2.16. The maximum Gasteiger partial charge on any atom is 0.0174 e. The first-order valence-corrected chi connectivity index (χ1v) is 6.68. The van der Waals surface area contributed by atoms with Crippen LogP contribution in [0.1, 0.15) is 39.0 Å². The molecule has 0 bridgehead atoms. The highest BCUT2D eigenvalue weighted by Gasteiger charge is 2.17. The van der Waals surface area contributed by atoms with Crippen LogP contribution in [-0.2, 0) is 0 Å². The van der Waals surface area contributed by atoms with Gasteiger partial charge in [-0.05, 0) is 41.9 Å². The lowest BCUT2D eigenvalue weighted by atomic mass is 10.1. The second-order valence-corrected chi connectivity index (χ2v) is 5.45. The summed E-state index contributed by atoms with van der Waals surface area (Å²) in [7, 11) is 0. The van der Waals surface area contributed by atoms with Gasteiger partial charge in [0.15, 0.2) is 0 Å². The molecule has 3 heteroatoms.